The molecule has 0 aliphatic carbocycles. The number of β-amino-alcohol motifs (C(OH)–C–C–N with tert-alkyl or cyclic N) is 1. The second-order valence-electron chi connectivity index (χ2n) is 9.09. The third kappa shape index (κ3) is 6.01. The number of carbonyl (C=O) groups excluding carboxylic acids is 2. The van der Waals surface area contributed by atoms with E-state index in [0.29, 0.717) is 0 Å². The fourth-order valence-electron chi connectivity index (χ4n) is 3.90. The summed E-state index contributed by atoms with van der Waals surface area (Å²) in [5.41, 5.74) is -0.706. The van der Waals surface area contributed by atoms with Crippen LogP contribution in [0.2, 0.25) is 0 Å². The van der Waals surface area contributed by atoms with Crippen LogP contribution in [0, 0.1) is 24.4 Å². The van der Waals surface area contributed by atoms with E-state index in [9.17, 15) is 32.7 Å². The van der Waals surface area contributed by atoms with Crippen LogP contribution >= 0.6 is 0 Å². The number of aromatic nitrogens is 3. The van der Waals surface area contributed by atoms with Gasteiger partial charge in [0.25, 0.3) is 11.5 Å². The van der Waals surface area contributed by atoms with E-state index in [1.54, 1.807) is 0 Å². The number of aliphatic hydroxyl groups excluding tert-OH is 1. The molecule has 0 atom stereocenters. The van der Waals surface area contributed by atoms with Crippen LogP contribution in [0.15, 0.2) is 65.6 Å². The van der Waals surface area contributed by atoms with Gasteiger partial charge in [-0.25, -0.2) is 22.9 Å². The monoisotopic (exact) mass is 566 g/mol. The van der Waals surface area contributed by atoms with E-state index in [0.717, 1.165) is 35.0 Å². The molecule has 4 aromatic rings. The Kier molecular flexibility index (Phi) is 7.40. The van der Waals surface area contributed by atoms with Crippen molar-refractivity contribution in [1.29, 1.82) is 0 Å². The Balaban J connectivity index is 1.29. The molecule has 210 valence electrons. The molecule has 1 aliphatic rings. The van der Waals surface area contributed by atoms with Crippen molar-refractivity contribution in [2.24, 2.45) is 0 Å². The fraction of sp³-hybridized carbons (Fsp3) is 0.148. The Labute approximate surface area is 229 Å². The van der Waals surface area contributed by atoms with Crippen molar-refractivity contribution in [2.45, 2.75) is 13.0 Å². The molecule has 2 aromatic heterocycles. The number of aliphatic hydroxyl groups is 1. The molecule has 2 aromatic carbocycles. The average molecular weight is 566 g/mol. The predicted octanol–water partition coefficient (Wildman–Crippen LogP) is 3.61. The molecule has 0 bridgehead atoms. The van der Waals surface area contributed by atoms with Gasteiger partial charge >= 0.3 is 6.03 Å². The Bertz CT molecular complexity index is 1720. The normalized spacial score (nSPS) is 13.0. The minimum Gasteiger partial charge on any atom is -0.454 e. The fourth-order valence-corrected chi connectivity index (χ4v) is 3.90. The number of hydrogen-bond donors (Lipinski definition) is 3. The number of benzene rings is 2. The highest BCUT2D eigenvalue weighted by molar-refractivity contribution is 6.03. The van der Waals surface area contributed by atoms with Crippen molar-refractivity contribution in [3.05, 3.63) is 99.9 Å². The van der Waals surface area contributed by atoms with Gasteiger partial charge in [0, 0.05) is 36.1 Å². The molecule has 3 amide bonds. The highest BCUT2D eigenvalue weighted by Gasteiger charge is 2.29. The smallest absolute Gasteiger partial charge is 0.323 e. The number of ether oxygens (including phenoxy) is 1. The van der Waals surface area contributed by atoms with Crippen LogP contribution < -0.4 is 20.9 Å². The van der Waals surface area contributed by atoms with Crippen molar-refractivity contribution in [3.8, 4) is 17.2 Å². The standard InChI is InChI=1S/C27H21F3N6O5/c1-14-8-24(38)36(16-3-4-19(28)20(29)10-16)34-25(14)26(39)32-15-2-5-22(21(30)9-15)41-18-6-7-31-23(11-18)33-27(40)35-12-17(37)13-35/h2-11,17,37H,12-13H2,1H3,(H,32,39)(H,31,33,40). The first-order valence-corrected chi connectivity index (χ1v) is 12.1. The van der Waals surface area contributed by atoms with Crippen LogP contribution in [0.25, 0.3) is 5.69 Å². The number of hydrogen-bond acceptors (Lipinski definition) is 7. The van der Waals surface area contributed by atoms with Crippen molar-refractivity contribution in [3.63, 3.8) is 0 Å². The minimum atomic E-state index is -1.19. The Hall–Kier alpha value is -5.24. The zero-order valence-electron chi connectivity index (χ0n) is 21.3. The van der Waals surface area contributed by atoms with E-state index in [4.69, 9.17) is 4.74 Å². The molecule has 3 heterocycles. The molecule has 0 radical (unpaired) electrons. The lowest BCUT2D eigenvalue weighted by atomic mass is 10.2. The Morgan fingerprint density at radius 1 is 0.976 bits per heavy atom. The highest BCUT2D eigenvalue weighted by atomic mass is 19.2. The van der Waals surface area contributed by atoms with Crippen molar-refractivity contribution >= 4 is 23.4 Å². The third-order valence-corrected chi connectivity index (χ3v) is 6.02. The van der Waals surface area contributed by atoms with Crippen LogP contribution in [0.5, 0.6) is 11.5 Å². The third-order valence-electron chi connectivity index (χ3n) is 6.02. The first-order valence-electron chi connectivity index (χ1n) is 12.1. The van der Waals surface area contributed by atoms with Crippen LogP contribution in [-0.2, 0) is 0 Å². The van der Waals surface area contributed by atoms with Gasteiger partial charge in [0.2, 0.25) is 0 Å². The maximum atomic E-state index is 14.9. The molecule has 14 heteroatoms. The van der Waals surface area contributed by atoms with E-state index in [1.807, 2.05) is 0 Å². The minimum absolute atomic E-state index is 0.0473. The largest absolute Gasteiger partial charge is 0.454 e. The van der Waals surface area contributed by atoms with Gasteiger partial charge in [0.15, 0.2) is 28.9 Å². The summed E-state index contributed by atoms with van der Waals surface area (Å²) in [5.74, 6) is -3.76. The van der Waals surface area contributed by atoms with Crippen molar-refractivity contribution in [2.75, 3.05) is 23.7 Å². The summed E-state index contributed by atoms with van der Waals surface area (Å²) < 4.78 is 48.2. The quantitative estimate of drug-likeness (QED) is 0.324. The number of aryl methyl sites for hydroxylation is 1. The highest BCUT2D eigenvalue weighted by Crippen LogP contribution is 2.28. The number of nitrogens with one attached hydrogen (secondary N) is 2. The van der Waals surface area contributed by atoms with Gasteiger partial charge < -0.3 is 20.1 Å². The molecule has 1 fully saturated rings. The van der Waals surface area contributed by atoms with Crippen LogP contribution in [0.3, 0.4) is 0 Å². The van der Waals surface area contributed by atoms with Gasteiger partial charge in [-0.1, -0.05) is 0 Å². The zero-order valence-corrected chi connectivity index (χ0v) is 21.3. The number of pyridine rings is 1. The van der Waals surface area contributed by atoms with E-state index in [2.05, 4.69) is 20.7 Å². The van der Waals surface area contributed by atoms with Gasteiger partial charge in [-0.2, -0.15) is 9.78 Å². The number of urea groups is 1. The van der Waals surface area contributed by atoms with Gasteiger partial charge in [0.1, 0.15) is 11.6 Å². The topological polar surface area (TPSA) is 139 Å². The summed E-state index contributed by atoms with van der Waals surface area (Å²) in [5, 5.41) is 18.4. The molecular weight excluding hydrogens is 545 g/mol. The van der Waals surface area contributed by atoms with Gasteiger partial charge in [-0.15, -0.1) is 0 Å². The van der Waals surface area contributed by atoms with E-state index in [-0.39, 0.29) is 53.0 Å². The lowest BCUT2D eigenvalue weighted by molar-refractivity contribution is 0.0308. The number of halogens is 3. The maximum absolute atomic E-state index is 14.9. The van der Waals surface area contributed by atoms with Crippen molar-refractivity contribution in [1.82, 2.24) is 19.7 Å². The molecule has 0 saturated carbocycles. The number of anilines is 2. The van der Waals surface area contributed by atoms with E-state index < -0.39 is 41.1 Å². The maximum Gasteiger partial charge on any atom is 0.323 e. The Morgan fingerprint density at radius 2 is 1.76 bits per heavy atom. The SMILES string of the molecule is Cc1cc(=O)n(-c2ccc(F)c(F)c2)nc1C(=O)Nc1ccc(Oc2ccnc(NC(=O)N3CC(O)C3)c2)c(F)c1. The molecule has 5 rings (SSSR count). The summed E-state index contributed by atoms with van der Waals surface area (Å²) in [6, 6.07) is 9.88. The van der Waals surface area contributed by atoms with Crippen LogP contribution in [0.4, 0.5) is 29.5 Å². The lowest BCUT2D eigenvalue weighted by Gasteiger charge is -2.35. The first kappa shape index (κ1) is 27.3. The molecular formula is C27H21F3N6O5. The average Bonchev–Trinajstić information content (AvgIpc) is 2.90. The van der Waals surface area contributed by atoms with Gasteiger partial charge in [-0.05, 0) is 42.8 Å². The molecule has 0 unspecified atom stereocenters. The molecule has 0 spiro atoms. The first-order chi connectivity index (χ1) is 19.6. The molecule has 41 heavy (non-hydrogen) atoms. The van der Waals surface area contributed by atoms with Gasteiger partial charge in [-0.3, -0.25) is 14.9 Å². The summed E-state index contributed by atoms with van der Waals surface area (Å²) in [7, 11) is 0. The van der Waals surface area contributed by atoms with E-state index in [1.165, 1.54) is 42.3 Å². The summed E-state index contributed by atoms with van der Waals surface area (Å²) >= 11 is 0. The van der Waals surface area contributed by atoms with Gasteiger partial charge in [0.05, 0.1) is 24.9 Å². The van der Waals surface area contributed by atoms with E-state index >= 15 is 0 Å². The summed E-state index contributed by atoms with van der Waals surface area (Å²) in [4.78, 5) is 42.8. The Morgan fingerprint density at radius 3 is 2.46 bits per heavy atom. The number of rotatable bonds is 6. The summed E-state index contributed by atoms with van der Waals surface area (Å²) in [6.07, 6.45) is 0.804. The lowest BCUT2D eigenvalue weighted by Crippen LogP contribution is -2.54. The van der Waals surface area contributed by atoms with Crippen molar-refractivity contribution < 1.29 is 32.6 Å². The molecule has 1 aliphatic heterocycles. The zero-order chi connectivity index (χ0) is 29.3. The van der Waals surface area contributed by atoms with Crippen LogP contribution in [0.1, 0.15) is 16.1 Å². The number of amides is 3. The molecule has 3 N–H and O–H groups in total. The molecule has 11 nitrogen and oxygen atoms in total. The molecule has 1 saturated heterocycles. The second-order valence-corrected chi connectivity index (χ2v) is 9.09. The number of carbonyl (C=O) groups is 2. The van der Waals surface area contributed by atoms with Crippen LogP contribution in [-0.4, -0.2) is 55.9 Å². The predicted molar refractivity (Wildman–Crippen MR) is 140 cm³/mol. The number of likely N-dealkylation sites (tertiary alicyclic amines) is 1. The second kappa shape index (κ2) is 11.1. The number of nitrogens with zero attached hydrogens (tertiary/aromatic N) is 4. The summed E-state index contributed by atoms with van der Waals surface area (Å²) in [6.45, 7) is 1.89.